The van der Waals surface area contributed by atoms with Gasteiger partial charge in [0.2, 0.25) is 5.91 Å². The number of carbonyl (C=O) groups is 1. The lowest BCUT2D eigenvalue weighted by Crippen LogP contribution is -2.56. The lowest BCUT2D eigenvalue weighted by molar-refractivity contribution is -0.140. The Morgan fingerprint density at radius 3 is 2.74 bits per heavy atom. The number of nitrogens with one attached hydrogen (secondary N) is 2. The van der Waals surface area contributed by atoms with Crippen molar-refractivity contribution in [2.75, 3.05) is 42.7 Å². The first-order valence-electron chi connectivity index (χ1n) is 13.5. The second-order valence-electron chi connectivity index (χ2n) is 10.4. The van der Waals surface area contributed by atoms with Crippen LogP contribution in [0.15, 0.2) is 47.6 Å². The number of aliphatic hydroxyl groups excluding tert-OH is 2. The van der Waals surface area contributed by atoms with E-state index in [9.17, 15) is 28.2 Å². The van der Waals surface area contributed by atoms with Gasteiger partial charge in [-0.1, -0.05) is 11.6 Å². The standard InChI is InChI=1S/C28H30ClF3N6O3S/c29-18-1-2-22(30)21(11-18)23-13-24(27(37-36-23)42-8-7-39)34-19-3-5-33-25(12-19)35-26(41)16-9-20(10-16)38-6-4-28(31,32)17(14-38)15-40/h1-3,5,11-13,16-17,20,39-40H,4,6-10,14-15H2,(H2,33,34,35,36,41). The van der Waals surface area contributed by atoms with Crippen molar-refractivity contribution < 1.29 is 28.2 Å². The molecule has 1 aliphatic heterocycles. The molecule has 1 amide bonds. The van der Waals surface area contributed by atoms with Gasteiger partial charge in [-0.25, -0.2) is 18.2 Å². The van der Waals surface area contributed by atoms with E-state index in [-0.39, 0.29) is 55.2 Å². The van der Waals surface area contributed by atoms with E-state index in [1.165, 1.54) is 36.2 Å². The van der Waals surface area contributed by atoms with E-state index in [0.29, 0.717) is 45.8 Å². The fourth-order valence-electron chi connectivity index (χ4n) is 5.13. The molecule has 2 aromatic heterocycles. The SMILES string of the molecule is O=C(Nc1cc(Nc2cc(-c3cc(Cl)ccc3F)nnc2SCCO)ccn1)C1CC(N2CCC(F)(F)C(CO)C2)C1. The van der Waals surface area contributed by atoms with Crippen molar-refractivity contribution in [2.24, 2.45) is 11.8 Å². The third-order valence-corrected chi connectivity index (χ3v) is 8.79. The molecule has 1 atom stereocenters. The second kappa shape index (κ2) is 13.1. The summed E-state index contributed by atoms with van der Waals surface area (Å²) in [7, 11) is 0. The average Bonchev–Trinajstić information content (AvgIpc) is 2.93. The first kappa shape index (κ1) is 30.5. The van der Waals surface area contributed by atoms with Gasteiger partial charge >= 0.3 is 0 Å². The number of piperidine rings is 1. The zero-order valence-corrected chi connectivity index (χ0v) is 24.0. The summed E-state index contributed by atoms with van der Waals surface area (Å²) in [6, 6.07) is 9.15. The Kier molecular flexibility index (Phi) is 9.53. The molecule has 1 aliphatic carbocycles. The number of anilines is 3. The maximum Gasteiger partial charge on any atom is 0.255 e. The van der Waals surface area contributed by atoms with E-state index >= 15 is 0 Å². The van der Waals surface area contributed by atoms with Crippen molar-refractivity contribution >= 4 is 46.5 Å². The normalized spacial score (nSPS) is 21.9. The first-order chi connectivity index (χ1) is 20.2. The molecule has 0 radical (unpaired) electrons. The predicted molar refractivity (Wildman–Crippen MR) is 155 cm³/mol. The van der Waals surface area contributed by atoms with Gasteiger partial charge in [0.05, 0.1) is 30.5 Å². The van der Waals surface area contributed by atoms with E-state index in [2.05, 4.69) is 25.8 Å². The quantitative estimate of drug-likeness (QED) is 0.236. The molecule has 0 bridgehead atoms. The minimum absolute atomic E-state index is 0.0272. The number of amides is 1. The number of halogens is 4. The van der Waals surface area contributed by atoms with E-state index in [1.807, 2.05) is 4.90 Å². The lowest BCUT2D eigenvalue weighted by Gasteiger charge is -2.47. The number of hydrogen-bond donors (Lipinski definition) is 4. The Bertz CT molecular complexity index is 1430. The third kappa shape index (κ3) is 6.97. The van der Waals surface area contributed by atoms with Gasteiger partial charge in [0, 0.05) is 65.8 Å². The van der Waals surface area contributed by atoms with Crippen LogP contribution in [0.5, 0.6) is 0 Å². The highest BCUT2D eigenvalue weighted by molar-refractivity contribution is 7.99. The van der Waals surface area contributed by atoms with E-state index in [0.717, 1.165) is 0 Å². The number of alkyl halides is 2. The summed E-state index contributed by atoms with van der Waals surface area (Å²) in [5.41, 5.74) is 1.53. The van der Waals surface area contributed by atoms with Crippen LogP contribution >= 0.6 is 23.4 Å². The molecule has 5 rings (SSSR count). The Morgan fingerprint density at radius 1 is 1.17 bits per heavy atom. The van der Waals surface area contributed by atoms with Crippen molar-refractivity contribution in [3.8, 4) is 11.3 Å². The van der Waals surface area contributed by atoms with Crippen LogP contribution in [0, 0.1) is 17.7 Å². The fourth-order valence-corrected chi connectivity index (χ4v) is 5.95. The van der Waals surface area contributed by atoms with Gasteiger partial charge in [-0.2, -0.15) is 0 Å². The number of aromatic nitrogens is 3. The molecule has 1 saturated carbocycles. The number of hydrogen-bond acceptors (Lipinski definition) is 9. The summed E-state index contributed by atoms with van der Waals surface area (Å²) in [5.74, 6) is -4.25. The third-order valence-electron chi connectivity index (χ3n) is 7.59. The summed E-state index contributed by atoms with van der Waals surface area (Å²) in [6.07, 6.45) is 2.32. The molecule has 0 spiro atoms. The van der Waals surface area contributed by atoms with Crippen LogP contribution in [0.25, 0.3) is 11.3 Å². The molecule has 9 nitrogen and oxygen atoms in total. The minimum Gasteiger partial charge on any atom is -0.396 e. The highest BCUT2D eigenvalue weighted by Crippen LogP contribution is 2.39. The Hall–Kier alpha value is -2.97. The van der Waals surface area contributed by atoms with Gasteiger partial charge in [0.15, 0.2) is 0 Å². The first-order valence-corrected chi connectivity index (χ1v) is 14.9. The predicted octanol–water partition coefficient (Wildman–Crippen LogP) is 4.83. The molecular formula is C28H30ClF3N6O3S. The van der Waals surface area contributed by atoms with Crippen molar-refractivity contribution in [2.45, 2.75) is 36.3 Å². The number of likely N-dealkylation sites (tertiary alicyclic amines) is 1. The van der Waals surface area contributed by atoms with Crippen LogP contribution in [0.2, 0.25) is 5.02 Å². The van der Waals surface area contributed by atoms with Crippen LogP contribution in [0.1, 0.15) is 19.3 Å². The smallest absolute Gasteiger partial charge is 0.255 e. The average molecular weight is 623 g/mol. The van der Waals surface area contributed by atoms with Crippen LogP contribution in [-0.2, 0) is 4.79 Å². The van der Waals surface area contributed by atoms with Crippen LogP contribution in [-0.4, -0.2) is 80.2 Å². The number of benzene rings is 1. The van der Waals surface area contributed by atoms with Gasteiger partial charge in [0.1, 0.15) is 16.7 Å². The highest BCUT2D eigenvalue weighted by atomic mass is 35.5. The number of rotatable bonds is 10. The summed E-state index contributed by atoms with van der Waals surface area (Å²) in [5, 5.41) is 33.9. The Balaban J connectivity index is 1.24. The maximum atomic E-state index is 14.5. The molecule has 1 unspecified atom stereocenters. The summed E-state index contributed by atoms with van der Waals surface area (Å²) in [6.45, 7) is -0.278. The topological polar surface area (TPSA) is 124 Å². The van der Waals surface area contributed by atoms with Crippen molar-refractivity contribution in [3.63, 3.8) is 0 Å². The molecule has 1 saturated heterocycles. The van der Waals surface area contributed by atoms with Gasteiger partial charge < -0.3 is 20.8 Å². The van der Waals surface area contributed by atoms with Crippen LogP contribution in [0.3, 0.4) is 0 Å². The summed E-state index contributed by atoms with van der Waals surface area (Å²) < 4.78 is 42.4. The number of nitrogens with zero attached hydrogens (tertiary/aromatic N) is 4. The summed E-state index contributed by atoms with van der Waals surface area (Å²) in [4.78, 5) is 19.1. The molecular weight excluding hydrogens is 593 g/mol. The van der Waals surface area contributed by atoms with Gasteiger partial charge in [-0.05, 0) is 43.2 Å². The highest BCUT2D eigenvalue weighted by Gasteiger charge is 2.47. The molecule has 224 valence electrons. The summed E-state index contributed by atoms with van der Waals surface area (Å²) >= 11 is 7.33. The number of carbonyl (C=O) groups excluding carboxylic acids is 1. The number of pyridine rings is 1. The van der Waals surface area contributed by atoms with Crippen LogP contribution in [0.4, 0.5) is 30.4 Å². The molecule has 2 aliphatic rings. The Morgan fingerprint density at radius 2 is 1.98 bits per heavy atom. The lowest BCUT2D eigenvalue weighted by atomic mass is 9.77. The minimum atomic E-state index is -2.87. The second-order valence-corrected chi connectivity index (χ2v) is 11.9. The number of thioether (sulfide) groups is 1. The Labute approximate surface area is 249 Å². The molecule has 42 heavy (non-hydrogen) atoms. The molecule has 3 heterocycles. The molecule has 14 heteroatoms. The van der Waals surface area contributed by atoms with Crippen molar-refractivity contribution in [3.05, 3.63) is 53.4 Å². The molecule has 4 N–H and O–H groups in total. The van der Waals surface area contributed by atoms with Gasteiger partial charge in [-0.15, -0.1) is 22.0 Å². The van der Waals surface area contributed by atoms with Crippen molar-refractivity contribution in [1.29, 1.82) is 0 Å². The van der Waals surface area contributed by atoms with E-state index in [4.69, 9.17) is 11.6 Å². The van der Waals surface area contributed by atoms with Gasteiger partial charge in [0.25, 0.3) is 5.92 Å². The monoisotopic (exact) mass is 622 g/mol. The molecule has 3 aromatic rings. The van der Waals surface area contributed by atoms with Gasteiger partial charge in [-0.3, -0.25) is 9.69 Å². The number of aliphatic hydroxyl groups is 2. The largest absolute Gasteiger partial charge is 0.396 e. The molecule has 2 fully saturated rings. The zero-order chi connectivity index (χ0) is 29.9. The fraction of sp³-hybridized carbons (Fsp3) is 0.429. The van der Waals surface area contributed by atoms with E-state index in [1.54, 1.807) is 18.2 Å². The van der Waals surface area contributed by atoms with E-state index < -0.39 is 24.3 Å². The zero-order valence-electron chi connectivity index (χ0n) is 22.4. The van der Waals surface area contributed by atoms with Crippen LogP contribution < -0.4 is 10.6 Å². The maximum absolute atomic E-state index is 14.5. The van der Waals surface area contributed by atoms with Crippen molar-refractivity contribution in [1.82, 2.24) is 20.1 Å². The molecule has 1 aromatic carbocycles.